The zero-order valence-electron chi connectivity index (χ0n) is 15.2. The predicted molar refractivity (Wildman–Crippen MR) is 106 cm³/mol. The SMILES string of the molecule is CCn1cc(C(=O)NCCc2ccncc2)c(=O)c2cc(F)cc(C)c21.Cl. The minimum Gasteiger partial charge on any atom is -0.352 e. The van der Waals surface area contributed by atoms with Gasteiger partial charge in [-0.1, -0.05) is 0 Å². The molecule has 1 amide bonds. The van der Waals surface area contributed by atoms with Crippen LogP contribution in [0.5, 0.6) is 0 Å². The van der Waals surface area contributed by atoms with Crippen molar-refractivity contribution in [1.29, 1.82) is 0 Å². The fourth-order valence-electron chi connectivity index (χ4n) is 3.09. The maximum absolute atomic E-state index is 13.8. The van der Waals surface area contributed by atoms with Crippen molar-refractivity contribution in [2.24, 2.45) is 0 Å². The Kier molecular flexibility index (Phi) is 6.69. The van der Waals surface area contributed by atoms with Crippen LogP contribution in [0.1, 0.15) is 28.4 Å². The molecule has 0 aliphatic heterocycles. The van der Waals surface area contributed by atoms with E-state index in [9.17, 15) is 14.0 Å². The number of aromatic nitrogens is 2. The molecule has 5 nitrogen and oxygen atoms in total. The number of nitrogens with one attached hydrogen (secondary N) is 1. The van der Waals surface area contributed by atoms with Gasteiger partial charge in [-0.15, -0.1) is 12.4 Å². The number of halogens is 2. The molecule has 3 rings (SSSR count). The molecule has 0 spiro atoms. The number of rotatable bonds is 5. The maximum Gasteiger partial charge on any atom is 0.256 e. The van der Waals surface area contributed by atoms with Gasteiger partial charge in [0, 0.05) is 37.1 Å². The number of carbonyl (C=O) groups is 1. The number of hydrogen-bond donors (Lipinski definition) is 1. The quantitative estimate of drug-likeness (QED) is 0.728. The van der Waals surface area contributed by atoms with Crippen LogP contribution in [0.15, 0.2) is 47.7 Å². The van der Waals surface area contributed by atoms with E-state index in [1.807, 2.05) is 23.6 Å². The molecule has 0 aliphatic carbocycles. The monoisotopic (exact) mass is 389 g/mol. The van der Waals surface area contributed by atoms with Crippen molar-refractivity contribution in [2.45, 2.75) is 26.8 Å². The van der Waals surface area contributed by atoms with Crippen LogP contribution in [0, 0.1) is 12.7 Å². The van der Waals surface area contributed by atoms with E-state index in [-0.39, 0.29) is 23.4 Å². The number of fused-ring (bicyclic) bond motifs is 1. The Hall–Kier alpha value is -2.73. The molecular weight excluding hydrogens is 369 g/mol. The van der Waals surface area contributed by atoms with Crippen LogP contribution >= 0.6 is 12.4 Å². The molecule has 2 heterocycles. The minimum atomic E-state index is -0.481. The molecule has 0 aliphatic rings. The zero-order valence-corrected chi connectivity index (χ0v) is 16.0. The number of pyridine rings is 2. The number of nitrogens with zero attached hydrogens (tertiary/aromatic N) is 2. The van der Waals surface area contributed by atoms with E-state index >= 15 is 0 Å². The molecule has 0 fully saturated rings. The van der Waals surface area contributed by atoms with E-state index in [0.29, 0.717) is 30.6 Å². The average Bonchev–Trinajstić information content (AvgIpc) is 2.63. The molecule has 0 saturated heterocycles. The number of carbonyl (C=O) groups excluding carboxylic acids is 1. The van der Waals surface area contributed by atoms with E-state index in [0.717, 1.165) is 5.56 Å². The molecule has 0 atom stereocenters. The Morgan fingerprint density at radius 1 is 1.26 bits per heavy atom. The summed E-state index contributed by atoms with van der Waals surface area (Å²) in [6.45, 7) is 4.64. The molecule has 0 unspecified atom stereocenters. The maximum atomic E-state index is 13.8. The molecule has 0 radical (unpaired) electrons. The van der Waals surface area contributed by atoms with Crippen LogP contribution < -0.4 is 10.7 Å². The van der Waals surface area contributed by atoms with Crippen LogP contribution in [0.2, 0.25) is 0 Å². The highest BCUT2D eigenvalue weighted by Gasteiger charge is 2.16. The number of amides is 1. The predicted octanol–water partition coefficient (Wildman–Crippen LogP) is 3.26. The zero-order chi connectivity index (χ0) is 18.7. The fourth-order valence-corrected chi connectivity index (χ4v) is 3.09. The van der Waals surface area contributed by atoms with Gasteiger partial charge in [-0.3, -0.25) is 14.6 Å². The third-order valence-corrected chi connectivity index (χ3v) is 4.36. The Balaban J connectivity index is 0.00000261. The summed E-state index contributed by atoms with van der Waals surface area (Å²) in [5.41, 5.74) is 1.95. The lowest BCUT2D eigenvalue weighted by Gasteiger charge is -2.14. The summed E-state index contributed by atoms with van der Waals surface area (Å²) >= 11 is 0. The first-order valence-corrected chi connectivity index (χ1v) is 8.51. The van der Waals surface area contributed by atoms with Crippen LogP contribution in [0.3, 0.4) is 0 Å². The lowest BCUT2D eigenvalue weighted by atomic mass is 10.1. The van der Waals surface area contributed by atoms with E-state index in [4.69, 9.17) is 0 Å². The van der Waals surface area contributed by atoms with Gasteiger partial charge in [-0.25, -0.2) is 4.39 Å². The molecule has 0 saturated carbocycles. The second kappa shape index (κ2) is 8.77. The lowest BCUT2D eigenvalue weighted by molar-refractivity contribution is 0.0952. The molecule has 1 N–H and O–H groups in total. The first-order valence-electron chi connectivity index (χ1n) is 8.51. The van der Waals surface area contributed by atoms with Crippen molar-refractivity contribution in [3.63, 3.8) is 0 Å². The minimum absolute atomic E-state index is 0. The van der Waals surface area contributed by atoms with E-state index in [1.165, 1.54) is 12.1 Å². The fraction of sp³-hybridized carbons (Fsp3) is 0.250. The second-order valence-corrected chi connectivity index (χ2v) is 6.14. The Morgan fingerprint density at radius 2 is 1.96 bits per heavy atom. The number of aryl methyl sites for hydroxylation is 2. The van der Waals surface area contributed by atoms with Gasteiger partial charge in [0.15, 0.2) is 0 Å². The number of hydrogen-bond acceptors (Lipinski definition) is 3. The summed E-state index contributed by atoms with van der Waals surface area (Å²) in [5, 5.41) is 2.99. The number of benzene rings is 1. The van der Waals surface area contributed by atoms with E-state index < -0.39 is 17.2 Å². The Bertz CT molecular complexity index is 1020. The highest BCUT2D eigenvalue weighted by atomic mass is 35.5. The first-order chi connectivity index (χ1) is 12.5. The molecule has 27 heavy (non-hydrogen) atoms. The van der Waals surface area contributed by atoms with Gasteiger partial charge < -0.3 is 9.88 Å². The second-order valence-electron chi connectivity index (χ2n) is 6.14. The van der Waals surface area contributed by atoms with Crippen molar-refractivity contribution in [2.75, 3.05) is 6.54 Å². The van der Waals surface area contributed by atoms with Crippen molar-refractivity contribution >= 4 is 29.2 Å². The van der Waals surface area contributed by atoms with Crippen molar-refractivity contribution in [3.8, 4) is 0 Å². The van der Waals surface area contributed by atoms with Gasteiger partial charge in [0.25, 0.3) is 5.91 Å². The molecular formula is C20H21ClFN3O2. The van der Waals surface area contributed by atoms with Crippen molar-refractivity contribution in [3.05, 3.63) is 75.6 Å². The largest absolute Gasteiger partial charge is 0.352 e. The normalized spacial score (nSPS) is 10.5. The molecule has 1 aromatic carbocycles. The molecule has 3 aromatic rings. The lowest BCUT2D eigenvalue weighted by Crippen LogP contribution is -2.31. The molecule has 142 valence electrons. The summed E-state index contributed by atoms with van der Waals surface area (Å²) in [7, 11) is 0. The van der Waals surface area contributed by atoms with E-state index in [2.05, 4.69) is 10.3 Å². The molecule has 2 aromatic heterocycles. The summed E-state index contributed by atoms with van der Waals surface area (Å²) in [5.74, 6) is -0.930. The first kappa shape index (κ1) is 20.6. The van der Waals surface area contributed by atoms with Gasteiger partial charge >= 0.3 is 0 Å². The van der Waals surface area contributed by atoms with Gasteiger partial charge in [0.2, 0.25) is 5.43 Å². The Morgan fingerprint density at radius 3 is 2.63 bits per heavy atom. The van der Waals surface area contributed by atoms with Gasteiger partial charge in [0.1, 0.15) is 11.4 Å². The third kappa shape index (κ3) is 4.34. The molecule has 0 bridgehead atoms. The molecule has 7 heteroatoms. The average molecular weight is 390 g/mol. The van der Waals surface area contributed by atoms with Crippen LogP contribution in [0.4, 0.5) is 4.39 Å². The summed E-state index contributed by atoms with van der Waals surface area (Å²) in [6, 6.07) is 6.34. The van der Waals surface area contributed by atoms with Crippen LogP contribution in [0.25, 0.3) is 10.9 Å². The highest BCUT2D eigenvalue weighted by molar-refractivity contribution is 5.97. The summed E-state index contributed by atoms with van der Waals surface area (Å²) in [4.78, 5) is 29.2. The topological polar surface area (TPSA) is 64.0 Å². The van der Waals surface area contributed by atoms with Crippen molar-refractivity contribution in [1.82, 2.24) is 14.9 Å². The smallest absolute Gasteiger partial charge is 0.256 e. The Labute approximate surface area is 162 Å². The summed E-state index contributed by atoms with van der Waals surface area (Å²) in [6.07, 6.45) is 5.57. The van der Waals surface area contributed by atoms with E-state index in [1.54, 1.807) is 25.5 Å². The van der Waals surface area contributed by atoms with Gasteiger partial charge in [-0.05, 0) is 55.7 Å². The standard InChI is InChI=1S/C20H20FN3O2.ClH/c1-3-24-12-17(19(25)16-11-15(21)10-13(2)18(16)24)20(26)23-9-6-14-4-7-22-8-5-14;/h4-5,7-8,10-12H,3,6,9H2,1-2H3,(H,23,26);1H. The summed E-state index contributed by atoms with van der Waals surface area (Å²) < 4.78 is 15.6. The van der Waals surface area contributed by atoms with Gasteiger partial charge in [0.05, 0.1) is 5.52 Å². The van der Waals surface area contributed by atoms with Gasteiger partial charge in [-0.2, -0.15) is 0 Å². The van der Waals surface area contributed by atoms with Crippen LogP contribution in [-0.2, 0) is 13.0 Å². The highest BCUT2D eigenvalue weighted by Crippen LogP contribution is 2.18. The van der Waals surface area contributed by atoms with Crippen LogP contribution in [-0.4, -0.2) is 22.0 Å². The van der Waals surface area contributed by atoms with Crippen molar-refractivity contribution < 1.29 is 9.18 Å². The third-order valence-electron chi connectivity index (χ3n) is 4.36.